The Morgan fingerprint density at radius 2 is 1.85 bits per heavy atom. The number of nitrogens with one attached hydrogen (secondary N) is 2. The van der Waals surface area contributed by atoms with E-state index < -0.39 is 41.4 Å². The average molecular weight is 539 g/mol. The van der Waals surface area contributed by atoms with Crippen molar-refractivity contribution in [1.29, 1.82) is 0 Å². The number of imide groups is 1. The third kappa shape index (κ3) is 6.24. The zero-order chi connectivity index (χ0) is 28.5. The Kier molecular flexibility index (Phi) is 7.71. The molecule has 0 radical (unpaired) electrons. The molecule has 0 aromatic heterocycles. The Morgan fingerprint density at radius 1 is 1.15 bits per heavy atom. The van der Waals surface area contributed by atoms with Crippen LogP contribution in [0.3, 0.4) is 0 Å². The highest BCUT2D eigenvalue weighted by Crippen LogP contribution is 2.28. The molecule has 2 aromatic rings. The summed E-state index contributed by atoms with van der Waals surface area (Å²) in [5.41, 5.74) is 1.50. The van der Waals surface area contributed by atoms with E-state index in [9.17, 15) is 28.4 Å². The molecule has 2 aliphatic heterocycles. The summed E-state index contributed by atoms with van der Waals surface area (Å²) >= 11 is 0. The first-order valence-electron chi connectivity index (χ1n) is 12.6. The van der Waals surface area contributed by atoms with E-state index in [1.807, 2.05) is 0 Å². The molecule has 2 aliphatic rings. The first kappa shape index (κ1) is 27.7. The number of ether oxygens (including phenoxy) is 1. The van der Waals surface area contributed by atoms with Crippen molar-refractivity contribution in [2.75, 3.05) is 7.05 Å². The van der Waals surface area contributed by atoms with Gasteiger partial charge in [0.15, 0.2) is 0 Å². The lowest BCUT2D eigenvalue weighted by molar-refractivity contribution is -0.137. The SMILES string of the molecule is CN(C(=O)OC(C)(C)C)C(C(=O)NCc1ccc2c(c1)CN(C1CCC(=O)NC1=O)C2=O)c1ccc(F)cc1. The van der Waals surface area contributed by atoms with Crippen molar-refractivity contribution in [3.05, 3.63) is 70.5 Å². The number of amides is 5. The molecule has 2 aromatic carbocycles. The average Bonchev–Trinajstić information content (AvgIpc) is 3.18. The maximum absolute atomic E-state index is 13.6. The van der Waals surface area contributed by atoms with Crippen molar-refractivity contribution in [2.24, 2.45) is 0 Å². The number of rotatable bonds is 6. The van der Waals surface area contributed by atoms with E-state index >= 15 is 0 Å². The zero-order valence-electron chi connectivity index (χ0n) is 22.2. The Hall–Kier alpha value is -4.28. The van der Waals surface area contributed by atoms with Crippen LogP contribution in [0.15, 0.2) is 42.5 Å². The van der Waals surface area contributed by atoms with Crippen LogP contribution in [0.4, 0.5) is 9.18 Å². The molecular formula is C28H31FN4O6. The molecule has 39 heavy (non-hydrogen) atoms. The van der Waals surface area contributed by atoms with Gasteiger partial charge in [-0.1, -0.05) is 24.3 Å². The Labute approximate surface area is 225 Å². The van der Waals surface area contributed by atoms with E-state index in [1.54, 1.807) is 39.0 Å². The fourth-order valence-corrected chi connectivity index (χ4v) is 4.66. The molecule has 0 aliphatic carbocycles. The molecule has 11 heteroatoms. The van der Waals surface area contributed by atoms with Crippen LogP contribution in [-0.2, 0) is 32.2 Å². The van der Waals surface area contributed by atoms with Gasteiger partial charge in [-0.25, -0.2) is 9.18 Å². The highest BCUT2D eigenvalue weighted by atomic mass is 19.1. The van der Waals surface area contributed by atoms with Crippen LogP contribution < -0.4 is 10.6 Å². The number of fused-ring (bicyclic) bond motifs is 1. The largest absolute Gasteiger partial charge is 0.444 e. The number of nitrogens with zero attached hydrogens (tertiary/aromatic N) is 2. The number of carbonyl (C=O) groups excluding carboxylic acids is 5. The summed E-state index contributed by atoms with van der Waals surface area (Å²) < 4.78 is 19.0. The fraction of sp³-hybridized carbons (Fsp3) is 0.393. The summed E-state index contributed by atoms with van der Waals surface area (Å²) in [6, 6.07) is 8.63. The van der Waals surface area contributed by atoms with E-state index in [4.69, 9.17) is 4.74 Å². The quantitative estimate of drug-likeness (QED) is 0.545. The van der Waals surface area contributed by atoms with Crippen molar-refractivity contribution >= 4 is 29.7 Å². The summed E-state index contributed by atoms with van der Waals surface area (Å²) in [4.78, 5) is 65.4. The minimum absolute atomic E-state index is 0.0958. The molecule has 5 amide bonds. The second kappa shape index (κ2) is 10.8. The van der Waals surface area contributed by atoms with Gasteiger partial charge in [-0.2, -0.15) is 0 Å². The van der Waals surface area contributed by atoms with Crippen LogP contribution in [0.25, 0.3) is 0 Å². The molecule has 1 saturated heterocycles. The van der Waals surface area contributed by atoms with Gasteiger partial charge in [0.2, 0.25) is 17.7 Å². The van der Waals surface area contributed by atoms with Crippen molar-refractivity contribution in [1.82, 2.24) is 20.4 Å². The van der Waals surface area contributed by atoms with Gasteiger partial charge in [0.1, 0.15) is 23.5 Å². The maximum atomic E-state index is 13.6. The van der Waals surface area contributed by atoms with Crippen LogP contribution >= 0.6 is 0 Å². The van der Waals surface area contributed by atoms with Crippen molar-refractivity contribution in [2.45, 2.75) is 64.4 Å². The summed E-state index contributed by atoms with van der Waals surface area (Å²) in [5.74, 6) is -2.10. The fourth-order valence-electron chi connectivity index (χ4n) is 4.66. The van der Waals surface area contributed by atoms with E-state index in [0.717, 1.165) is 4.90 Å². The molecule has 2 N–H and O–H groups in total. The molecule has 4 rings (SSSR count). The van der Waals surface area contributed by atoms with E-state index in [2.05, 4.69) is 10.6 Å². The molecule has 10 nitrogen and oxygen atoms in total. The second-order valence-corrected chi connectivity index (χ2v) is 10.7. The molecule has 0 spiro atoms. The van der Waals surface area contributed by atoms with Crippen LogP contribution in [0.2, 0.25) is 0 Å². The zero-order valence-corrected chi connectivity index (χ0v) is 22.2. The van der Waals surface area contributed by atoms with Gasteiger partial charge >= 0.3 is 6.09 Å². The normalized spacial score (nSPS) is 17.8. The summed E-state index contributed by atoms with van der Waals surface area (Å²) in [7, 11) is 1.44. The smallest absolute Gasteiger partial charge is 0.410 e. The number of hydrogen-bond donors (Lipinski definition) is 2. The molecule has 0 bridgehead atoms. The third-order valence-corrected chi connectivity index (χ3v) is 6.56. The molecule has 0 saturated carbocycles. The number of carbonyl (C=O) groups is 5. The Bertz CT molecular complexity index is 1320. The predicted octanol–water partition coefficient (Wildman–Crippen LogP) is 2.81. The van der Waals surface area contributed by atoms with Gasteiger partial charge in [0.05, 0.1) is 0 Å². The lowest BCUT2D eigenvalue weighted by atomic mass is 10.0. The summed E-state index contributed by atoms with van der Waals surface area (Å²) in [6.07, 6.45) is -0.277. The molecular weight excluding hydrogens is 507 g/mol. The van der Waals surface area contributed by atoms with Crippen molar-refractivity contribution < 1.29 is 33.1 Å². The van der Waals surface area contributed by atoms with Crippen LogP contribution in [0, 0.1) is 5.82 Å². The third-order valence-electron chi connectivity index (χ3n) is 6.56. The lowest BCUT2D eigenvalue weighted by Gasteiger charge is -2.30. The first-order chi connectivity index (χ1) is 18.3. The number of likely N-dealkylation sites (N-methyl/N-ethyl adjacent to an activating group) is 1. The van der Waals surface area contributed by atoms with Gasteiger partial charge in [-0.15, -0.1) is 0 Å². The Morgan fingerprint density at radius 3 is 2.49 bits per heavy atom. The monoisotopic (exact) mass is 538 g/mol. The van der Waals surface area contributed by atoms with E-state index in [1.165, 1.54) is 36.2 Å². The van der Waals surface area contributed by atoms with Crippen molar-refractivity contribution in [3.63, 3.8) is 0 Å². The number of hydrogen-bond acceptors (Lipinski definition) is 6. The van der Waals surface area contributed by atoms with Gasteiger partial charge in [-0.3, -0.25) is 29.4 Å². The molecule has 2 unspecified atom stereocenters. The number of halogens is 1. The van der Waals surface area contributed by atoms with Crippen LogP contribution in [0.5, 0.6) is 0 Å². The summed E-state index contributed by atoms with van der Waals surface area (Å²) in [6.45, 7) is 5.45. The molecule has 2 heterocycles. The molecule has 1 fully saturated rings. The minimum Gasteiger partial charge on any atom is -0.444 e. The second-order valence-electron chi connectivity index (χ2n) is 10.7. The van der Waals surface area contributed by atoms with Gasteiger partial charge in [0, 0.05) is 32.1 Å². The lowest BCUT2D eigenvalue weighted by Crippen LogP contribution is -2.52. The first-order valence-corrected chi connectivity index (χ1v) is 12.6. The minimum atomic E-state index is -1.08. The van der Waals surface area contributed by atoms with Crippen LogP contribution in [-0.4, -0.2) is 58.2 Å². The number of benzene rings is 2. The Balaban J connectivity index is 1.48. The van der Waals surface area contributed by atoms with E-state index in [-0.39, 0.29) is 37.7 Å². The highest BCUT2D eigenvalue weighted by molar-refractivity contribution is 6.05. The topological polar surface area (TPSA) is 125 Å². The molecule has 2 atom stereocenters. The maximum Gasteiger partial charge on any atom is 0.410 e. The van der Waals surface area contributed by atoms with Gasteiger partial charge < -0.3 is 15.0 Å². The summed E-state index contributed by atoms with van der Waals surface area (Å²) in [5, 5.41) is 5.09. The van der Waals surface area contributed by atoms with Gasteiger partial charge in [0.25, 0.3) is 5.91 Å². The highest BCUT2D eigenvalue weighted by Gasteiger charge is 2.39. The van der Waals surface area contributed by atoms with Gasteiger partial charge in [-0.05, 0) is 62.1 Å². The number of piperidine rings is 1. The molecule has 206 valence electrons. The van der Waals surface area contributed by atoms with E-state index in [0.29, 0.717) is 22.3 Å². The van der Waals surface area contributed by atoms with Crippen molar-refractivity contribution in [3.8, 4) is 0 Å². The predicted molar refractivity (Wildman–Crippen MR) is 137 cm³/mol. The standard InChI is InChI=1S/C28H31FN4O6/c1-28(2,3)39-27(38)32(4)23(17-6-8-19(29)9-7-17)25(36)30-14-16-5-10-20-18(13-16)15-33(26(20)37)21-11-12-22(34)31-24(21)35/h5-10,13,21,23H,11-12,14-15H2,1-4H3,(H,30,36)(H,31,34,35). The van der Waals surface area contributed by atoms with Crippen LogP contribution in [0.1, 0.15) is 66.7 Å².